The SMILES string of the molecule is CN(Cc1cc(-c2ccccc2)n[nH]1)C(=O)C1CC(=O)Nc2ccc(F)cc21. The van der Waals surface area contributed by atoms with E-state index in [0.29, 0.717) is 17.8 Å². The van der Waals surface area contributed by atoms with Crippen molar-refractivity contribution in [3.8, 4) is 11.3 Å². The van der Waals surface area contributed by atoms with Crippen molar-refractivity contribution in [1.82, 2.24) is 15.1 Å². The van der Waals surface area contributed by atoms with Gasteiger partial charge in [-0.3, -0.25) is 14.7 Å². The highest BCUT2D eigenvalue weighted by Crippen LogP contribution is 2.34. The summed E-state index contributed by atoms with van der Waals surface area (Å²) in [6.45, 7) is 0.307. The van der Waals surface area contributed by atoms with Gasteiger partial charge in [0.15, 0.2) is 0 Å². The van der Waals surface area contributed by atoms with Crippen LogP contribution in [0.2, 0.25) is 0 Å². The van der Waals surface area contributed by atoms with Crippen LogP contribution in [0.1, 0.15) is 23.6 Å². The number of nitrogens with zero attached hydrogens (tertiary/aromatic N) is 2. The normalized spacial score (nSPS) is 15.6. The molecule has 2 heterocycles. The highest BCUT2D eigenvalue weighted by molar-refractivity contribution is 6.01. The number of anilines is 1. The molecule has 142 valence electrons. The minimum absolute atomic E-state index is 0.00211. The van der Waals surface area contributed by atoms with E-state index in [2.05, 4.69) is 15.5 Å². The van der Waals surface area contributed by atoms with Crippen LogP contribution in [0.25, 0.3) is 11.3 Å². The zero-order chi connectivity index (χ0) is 19.7. The van der Waals surface area contributed by atoms with Gasteiger partial charge in [0, 0.05) is 24.7 Å². The lowest BCUT2D eigenvalue weighted by Crippen LogP contribution is -2.36. The standard InChI is InChI=1S/C21H19FN4O2/c1-26(12-15-10-19(25-24-15)13-5-3-2-4-6-13)21(28)17-11-20(27)23-18-8-7-14(22)9-16(17)18/h2-10,17H,11-12H2,1H3,(H,23,27)(H,24,25). The average molecular weight is 378 g/mol. The molecule has 4 rings (SSSR count). The molecule has 6 nitrogen and oxygen atoms in total. The number of hydrogen-bond acceptors (Lipinski definition) is 3. The highest BCUT2D eigenvalue weighted by atomic mass is 19.1. The number of amides is 2. The number of aromatic nitrogens is 2. The second kappa shape index (κ2) is 7.26. The number of aromatic amines is 1. The summed E-state index contributed by atoms with van der Waals surface area (Å²) in [7, 11) is 1.66. The molecule has 0 fully saturated rings. The first-order valence-electron chi connectivity index (χ1n) is 8.95. The number of fused-ring (bicyclic) bond motifs is 1. The summed E-state index contributed by atoms with van der Waals surface area (Å²) in [5, 5.41) is 9.93. The van der Waals surface area contributed by atoms with E-state index in [-0.39, 0.29) is 18.2 Å². The minimum Gasteiger partial charge on any atom is -0.339 e. The van der Waals surface area contributed by atoms with Crippen LogP contribution in [0.3, 0.4) is 0 Å². The Hall–Kier alpha value is -3.48. The van der Waals surface area contributed by atoms with Gasteiger partial charge in [-0.15, -0.1) is 0 Å². The van der Waals surface area contributed by atoms with Crippen molar-refractivity contribution >= 4 is 17.5 Å². The Morgan fingerprint density at radius 3 is 2.79 bits per heavy atom. The summed E-state index contributed by atoms with van der Waals surface area (Å²) in [6.07, 6.45) is -0.00211. The van der Waals surface area contributed by atoms with Gasteiger partial charge in [0.05, 0.1) is 23.9 Å². The Balaban J connectivity index is 1.52. The maximum atomic E-state index is 13.7. The molecule has 1 aromatic heterocycles. The largest absolute Gasteiger partial charge is 0.339 e. The molecule has 2 N–H and O–H groups in total. The molecule has 0 saturated heterocycles. The molecular weight excluding hydrogens is 359 g/mol. The van der Waals surface area contributed by atoms with E-state index in [1.807, 2.05) is 36.4 Å². The summed E-state index contributed by atoms with van der Waals surface area (Å²) >= 11 is 0. The molecule has 2 aromatic carbocycles. The van der Waals surface area contributed by atoms with Gasteiger partial charge in [-0.2, -0.15) is 5.10 Å². The second-order valence-electron chi connectivity index (χ2n) is 6.88. The molecule has 7 heteroatoms. The van der Waals surface area contributed by atoms with Crippen LogP contribution in [0, 0.1) is 5.82 Å². The van der Waals surface area contributed by atoms with Gasteiger partial charge in [-0.1, -0.05) is 30.3 Å². The number of halogens is 1. The topological polar surface area (TPSA) is 78.1 Å². The van der Waals surface area contributed by atoms with E-state index in [9.17, 15) is 14.0 Å². The van der Waals surface area contributed by atoms with E-state index in [1.54, 1.807) is 7.05 Å². The van der Waals surface area contributed by atoms with Gasteiger partial charge >= 0.3 is 0 Å². The Morgan fingerprint density at radius 1 is 1.21 bits per heavy atom. The lowest BCUT2D eigenvalue weighted by molar-refractivity contribution is -0.134. The van der Waals surface area contributed by atoms with Crippen molar-refractivity contribution in [2.24, 2.45) is 0 Å². The second-order valence-corrected chi connectivity index (χ2v) is 6.88. The predicted octanol–water partition coefficient (Wildman–Crippen LogP) is 3.30. The summed E-state index contributed by atoms with van der Waals surface area (Å²) in [4.78, 5) is 26.5. The maximum absolute atomic E-state index is 13.7. The lowest BCUT2D eigenvalue weighted by Gasteiger charge is -2.28. The molecule has 2 amide bonds. The van der Waals surface area contributed by atoms with E-state index in [0.717, 1.165) is 17.0 Å². The summed E-state index contributed by atoms with van der Waals surface area (Å²) < 4.78 is 13.7. The van der Waals surface area contributed by atoms with Crippen LogP contribution in [-0.2, 0) is 16.1 Å². The molecule has 1 aliphatic heterocycles. The van der Waals surface area contributed by atoms with Crippen molar-refractivity contribution in [2.45, 2.75) is 18.9 Å². The third-order valence-corrected chi connectivity index (χ3v) is 4.83. The number of likely N-dealkylation sites (N-methyl/N-ethyl adjacent to an activating group) is 1. The van der Waals surface area contributed by atoms with Gasteiger partial charge in [-0.25, -0.2) is 4.39 Å². The Bertz CT molecular complexity index is 1030. The number of H-pyrrole nitrogens is 1. The van der Waals surface area contributed by atoms with Gasteiger partial charge in [0.2, 0.25) is 11.8 Å². The fraction of sp³-hybridized carbons (Fsp3) is 0.190. The van der Waals surface area contributed by atoms with E-state index >= 15 is 0 Å². The molecule has 1 unspecified atom stereocenters. The summed E-state index contributed by atoms with van der Waals surface area (Å²) in [6, 6.07) is 15.7. The van der Waals surface area contributed by atoms with E-state index in [1.165, 1.54) is 23.1 Å². The van der Waals surface area contributed by atoms with Gasteiger partial charge in [0.25, 0.3) is 0 Å². The number of hydrogen-bond donors (Lipinski definition) is 2. The molecule has 0 aliphatic carbocycles. The number of nitrogens with one attached hydrogen (secondary N) is 2. The van der Waals surface area contributed by atoms with Gasteiger partial charge in [-0.05, 0) is 29.8 Å². The number of benzene rings is 2. The fourth-order valence-electron chi connectivity index (χ4n) is 3.45. The van der Waals surface area contributed by atoms with Crippen LogP contribution in [-0.4, -0.2) is 34.0 Å². The molecule has 0 saturated carbocycles. The molecular formula is C21H19FN4O2. The third kappa shape index (κ3) is 3.51. The fourth-order valence-corrected chi connectivity index (χ4v) is 3.45. The lowest BCUT2D eigenvalue weighted by atomic mass is 9.89. The number of carbonyl (C=O) groups excluding carboxylic acids is 2. The third-order valence-electron chi connectivity index (χ3n) is 4.83. The van der Waals surface area contributed by atoms with Gasteiger partial charge < -0.3 is 10.2 Å². The summed E-state index contributed by atoms with van der Waals surface area (Å²) in [5.41, 5.74) is 3.53. The molecule has 28 heavy (non-hydrogen) atoms. The Labute approximate surface area is 161 Å². The smallest absolute Gasteiger partial charge is 0.230 e. The van der Waals surface area contributed by atoms with E-state index < -0.39 is 11.7 Å². The first-order chi connectivity index (χ1) is 13.5. The Kier molecular flexibility index (Phi) is 4.65. The zero-order valence-electron chi connectivity index (χ0n) is 15.3. The highest BCUT2D eigenvalue weighted by Gasteiger charge is 2.33. The number of rotatable bonds is 4. The molecule has 1 aliphatic rings. The Morgan fingerprint density at radius 2 is 2.00 bits per heavy atom. The van der Waals surface area contributed by atoms with E-state index in [4.69, 9.17) is 0 Å². The molecule has 0 spiro atoms. The monoisotopic (exact) mass is 378 g/mol. The van der Waals surface area contributed by atoms with Crippen molar-refractivity contribution in [3.05, 3.63) is 71.7 Å². The van der Waals surface area contributed by atoms with Crippen molar-refractivity contribution in [1.29, 1.82) is 0 Å². The first kappa shape index (κ1) is 17.9. The van der Waals surface area contributed by atoms with Crippen LogP contribution in [0.15, 0.2) is 54.6 Å². The predicted molar refractivity (Wildman–Crippen MR) is 103 cm³/mol. The molecule has 0 radical (unpaired) electrons. The van der Waals surface area contributed by atoms with Gasteiger partial charge in [0.1, 0.15) is 5.82 Å². The van der Waals surface area contributed by atoms with Crippen molar-refractivity contribution in [2.75, 3.05) is 12.4 Å². The zero-order valence-corrected chi connectivity index (χ0v) is 15.3. The minimum atomic E-state index is -0.707. The van der Waals surface area contributed by atoms with Crippen LogP contribution < -0.4 is 5.32 Å². The van der Waals surface area contributed by atoms with Crippen molar-refractivity contribution < 1.29 is 14.0 Å². The van der Waals surface area contributed by atoms with Crippen LogP contribution >= 0.6 is 0 Å². The molecule has 0 bridgehead atoms. The molecule has 1 atom stereocenters. The van der Waals surface area contributed by atoms with Crippen molar-refractivity contribution in [3.63, 3.8) is 0 Å². The van der Waals surface area contributed by atoms with Crippen LogP contribution in [0.4, 0.5) is 10.1 Å². The first-order valence-corrected chi connectivity index (χ1v) is 8.95. The van der Waals surface area contributed by atoms with Crippen LogP contribution in [0.5, 0.6) is 0 Å². The maximum Gasteiger partial charge on any atom is 0.230 e. The molecule has 3 aromatic rings. The average Bonchev–Trinajstić information content (AvgIpc) is 3.16. The quantitative estimate of drug-likeness (QED) is 0.731. The summed E-state index contributed by atoms with van der Waals surface area (Å²) in [5.74, 6) is -1.63. The number of carbonyl (C=O) groups is 2.